The van der Waals surface area contributed by atoms with E-state index in [2.05, 4.69) is 19.2 Å². The van der Waals surface area contributed by atoms with Gasteiger partial charge in [-0.15, -0.1) is 0 Å². The Bertz CT molecular complexity index is 507. The molecular formula is C17H25NO4. The molecule has 0 saturated heterocycles. The number of ether oxygens (including phenoxy) is 1. The van der Waals surface area contributed by atoms with Crippen LogP contribution in [0.2, 0.25) is 0 Å². The van der Waals surface area contributed by atoms with Crippen LogP contribution in [0.3, 0.4) is 0 Å². The van der Waals surface area contributed by atoms with Gasteiger partial charge in [0.15, 0.2) is 6.61 Å². The van der Waals surface area contributed by atoms with E-state index in [9.17, 15) is 9.59 Å². The van der Waals surface area contributed by atoms with Crippen LogP contribution in [-0.2, 0) is 9.59 Å². The van der Waals surface area contributed by atoms with Crippen molar-refractivity contribution in [1.29, 1.82) is 0 Å². The Morgan fingerprint density at radius 3 is 2.36 bits per heavy atom. The SMILES string of the molecule is CCCC(CCC)C(=O)Nc1ccc(OCC(=O)O)cc1C. The molecule has 0 fully saturated rings. The van der Waals surface area contributed by atoms with E-state index in [1.165, 1.54) is 0 Å². The first-order chi connectivity index (χ1) is 10.5. The first-order valence-corrected chi connectivity index (χ1v) is 7.74. The number of carbonyl (C=O) groups excluding carboxylic acids is 1. The molecule has 0 aliphatic carbocycles. The number of carbonyl (C=O) groups is 2. The number of anilines is 1. The Morgan fingerprint density at radius 2 is 1.86 bits per heavy atom. The largest absolute Gasteiger partial charge is 0.482 e. The smallest absolute Gasteiger partial charge is 0.341 e. The molecule has 0 aromatic heterocycles. The molecular weight excluding hydrogens is 282 g/mol. The molecule has 0 aliphatic heterocycles. The number of amides is 1. The summed E-state index contributed by atoms with van der Waals surface area (Å²) in [5, 5.41) is 11.6. The highest BCUT2D eigenvalue weighted by molar-refractivity contribution is 5.93. The van der Waals surface area contributed by atoms with Crippen LogP contribution in [0.15, 0.2) is 18.2 Å². The Labute approximate surface area is 131 Å². The molecule has 0 spiro atoms. The number of aryl methyl sites for hydroxylation is 1. The third kappa shape index (κ3) is 5.76. The van der Waals surface area contributed by atoms with Crippen LogP contribution >= 0.6 is 0 Å². The highest BCUT2D eigenvalue weighted by Gasteiger charge is 2.17. The van der Waals surface area contributed by atoms with Crippen LogP contribution in [-0.4, -0.2) is 23.6 Å². The Hall–Kier alpha value is -2.04. The minimum Gasteiger partial charge on any atom is -0.482 e. The number of hydrogen-bond acceptors (Lipinski definition) is 3. The van der Waals surface area contributed by atoms with Crippen LogP contribution in [0.25, 0.3) is 0 Å². The van der Waals surface area contributed by atoms with Crippen molar-refractivity contribution in [3.63, 3.8) is 0 Å². The summed E-state index contributed by atoms with van der Waals surface area (Å²) in [5.74, 6) is -0.447. The van der Waals surface area contributed by atoms with Crippen LogP contribution in [0, 0.1) is 12.8 Å². The van der Waals surface area contributed by atoms with E-state index < -0.39 is 5.97 Å². The maximum absolute atomic E-state index is 12.3. The number of nitrogens with one attached hydrogen (secondary N) is 1. The first kappa shape index (κ1) is 18.0. The summed E-state index contributed by atoms with van der Waals surface area (Å²) in [5.41, 5.74) is 1.59. The first-order valence-electron chi connectivity index (χ1n) is 7.74. The molecule has 5 heteroatoms. The quantitative estimate of drug-likeness (QED) is 0.730. The highest BCUT2D eigenvalue weighted by Crippen LogP contribution is 2.23. The van der Waals surface area contributed by atoms with Gasteiger partial charge >= 0.3 is 5.97 Å². The van der Waals surface area contributed by atoms with Crippen molar-refractivity contribution in [2.24, 2.45) is 5.92 Å². The molecule has 0 bridgehead atoms. The van der Waals surface area contributed by atoms with Gasteiger partial charge in [0.05, 0.1) is 0 Å². The van der Waals surface area contributed by atoms with E-state index >= 15 is 0 Å². The third-order valence-corrected chi connectivity index (χ3v) is 3.46. The maximum atomic E-state index is 12.3. The Morgan fingerprint density at radius 1 is 1.23 bits per heavy atom. The maximum Gasteiger partial charge on any atom is 0.341 e. The van der Waals surface area contributed by atoms with Crippen molar-refractivity contribution in [3.05, 3.63) is 23.8 Å². The lowest BCUT2D eigenvalue weighted by Gasteiger charge is -2.17. The van der Waals surface area contributed by atoms with E-state index in [0.29, 0.717) is 5.75 Å². The molecule has 2 N–H and O–H groups in total. The van der Waals surface area contributed by atoms with E-state index in [1.807, 2.05) is 6.92 Å². The number of rotatable bonds is 9. The summed E-state index contributed by atoms with van der Waals surface area (Å²) in [6.45, 7) is 5.64. The van der Waals surface area contributed by atoms with Gasteiger partial charge in [0, 0.05) is 11.6 Å². The van der Waals surface area contributed by atoms with Crippen LogP contribution in [0.1, 0.15) is 45.1 Å². The van der Waals surface area contributed by atoms with Crippen molar-refractivity contribution in [1.82, 2.24) is 0 Å². The zero-order valence-corrected chi connectivity index (χ0v) is 13.5. The zero-order valence-electron chi connectivity index (χ0n) is 13.5. The van der Waals surface area contributed by atoms with Gasteiger partial charge in [-0.05, 0) is 43.5 Å². The second-order valence-corrected chi connectivity index (χ2v) is 5.42. The minimum absolute atomic E-state index is 0.0392. The molecule has 0 radical (unpaired) electrons. The molecule has 1 rings (SSSR count). The van der Waals surface area contributed by atoms with Crippen LogP contribution in [0.4, 0.5) is 5.69 Å². The predicted octanol–water partition coefficient (Wildman–Crippen LogP) is 3.61. The summed E-state index contributed by atoms with van der Waals surface area (Å²) >= 11 is 0. The Balaban J connectivity index is 2.72. The van der Waals surface area contributed by atoms with Gasteiger partial charge in [0.25, 0.3) is 0 Å². The van der Waals surface area contributed by atoms with E-state index in [0.717, 1.165) is 36.9 Å². The second kappa shape index (κ2) is 9.07. The molecule has 1 aromatic carbocycles. The summed E-state index contributed by atoms with van der Waals surface area (Å²) in [6.07, 6.45) is 3.75. The lowest BCUT2D eigenvalue weighted by molar-refractivity contribution is -0.139. The minimum atomic E-state index is -1.02. The zero-order chi connectivity index (χ0) is 16.5. The normalized spacial score (nSPS) is 10.5. The lowest BCUT2D eigenvalue weighted by Crippen LogP contribution is -2.23. The fourth-order valence-electron chi connectivity index (χ4n) is 2.35. The number of aliphatic carboxylic acids is 1. The van der Waals surface area contributed by atoms with Crippen molar-refractivity contribution in [2.75, 3.05) is 11.9 Å². The number of carboxylic acids is 1. The number of carboxylic acid groups (broad SMARTS) is 1. The molecule has 0 heterocycles. The van der Waals surface area contributed by atoms with Gasteiger partial charge in [-0.25, -0.2) is 4.79 Å². The lowest BCUT2D eigenvalue weighted by atomic mass is 9.97. The molecule has 5 nitrogen and oxygen atoms in total. The number of hydrogen-bond donors (Lipinski definition) is 2. The fraction of sp³-hybridized carbons (Fsp3) is 0.529. The van der Waals surface area contributed by atoms with Gasteiger partial charge in [-0.3, -0.25) is 4.79 Å². The van der Waals surface area contributed by atoms with Crippen LogP contribution < -0.4 is 10.1 Å². The van der Waals surface area contributed by atoms with Gasteiger partial charge in [0.2, 0.25) is 5.91 Å². The van der Waals surface area contributed by atoms with E-state index in [4.69, 9.17) is 9.84 Å². The molecule has 0 saturated carbocycles. The average Bonchev–Trinajstić information content (AvgIpc) is 2.47. The van der Waals surface area contributed by atoms with Crippen molar-refractivity contribution in [2.45, 2.75) is 46.5 Å². The average molecular weight is 307 g/mol. The molecule has 0 aliphatic rings. The van der Waals surface area contributed by atoms with Crippen molar-refractivity contribution >= 4 is 17.6 Å². The predicted molar refractivity (Wildman–Crippen MR) is 86.2 cm³/mol. The molecule has 0 unspecified atom stereocenters. The van der Waals surface area contributed by atoms with Gasteiger partial charge in [-0.1, -0.05) is 26.7 Å². The van der Waals surface area contributed by atoms with E-state index in [-0.39, 0.29) is 18.4 Å². The Kier molecular flexibility index (Phi) is 7.43. The monoisotopic (exact) mass is 307 g/mol. The standard InChI is InChI=1S/C17H25NO4/c1-4-6-13(7-5-2)17(21)18-15-9-8-14(10-12(15)3)22-11-16(19)20/h8-10,13H,4-7,11H2,1-3H3,(H,18,21)(H,19,20). The molecule has 22 heavy (non-hydrogen) atoms. The van der Waals surface area contributed by atoms with E-state index in [1.54, 1.807) is 18.2 Å². The third-order valence-electron chi connectivity index (χ3n) is 3.46. The molecule has 0 atom stereocenters. The summed E-state index contributed by atoms with van der Waals surface area (Å²) in [7, 11) is 0. The topological polar surface area (TPSA) is 75.6 Å². The summed E-state index contributed by atoms with van der Waals surface area (Å²) < 4.78 is 5.12. The summed E-state index contributed by atoms with van der Waals surface area (Å²) in [4.78, 5) is 22.8. The highest BCUT2D eigenvalue weighted by atomic mass is 16.5. The second-order valence-electron chi connectivity index (χ2n) is 5.42. The molecule has 1 aromatic rings. The molecule has 1 amide bonds. The van der Waals surface area contributed by atoms with Crippen LogP contribution in [0.5, 0.6) is 5.75 Å². The summed E-state index contributed by atoms with van der Waals surface area (Å²) in [6, 6.07) is 5.15. The van der Waals surface area contributed by atoms with Crippen molar-refractivity contribution < 1.29 is 19.4 Å². The molecule has 122 valence electrons. The van der Waals surface area contributed by atoms with Crippen molar-refractivity contribution in [3.8, 4) is 5.75 Å². The fourth-order valence-corrected chi connectivity index (χ4v) is 2.35. The van der Waals surface area contributed by atoms with Gasteiger partial charge in [0.1, 0.15) is 5.75 Å². The van der Waals surface area contributed by atoms with Gasteiger partial charge in [-0.2, -0.15) is 0 Å². The number of benzene rings is 1. The van der Waals surface area contributed by atoms with Gasteiger partial charge < -0.3 is 15.2 Å².